The number of piperidine rings is 1. The number of hydrogen-bond donors (Lipinski definition) is 0. The van der Waals surface area contributed by atoms with E-state index in [-0.39, 0.29) is 12.0 Å². The number of carbonyl (C=O) groups is 2. The number of rotatable bonds is 3. The summed E-state index contributed by atoms with van der Waals surface area (Å²) in [5.74, 6) is 2.17. The molecule has 0 bridgehead atoms. The van der Waals surface area contributed by atoms with Gasteiger partial charge in [0.25, 0.3) is 0 Å². The maximum absolute atomic E-state index is 12.2. The Labute approximate surface area is 128 Å². The number of nitrogens with zero attached hydrogens (tertiary/aromatic N) is 1. The number of aldehydes is 1. The van der Waals surface area contributed by atoms with Crippen molar-refractivity contribution >= 4 is 12.4 Å². The van der Waals surface area contributed by atoms with Crippen LogP contribution in [0.2, 0.25) is 0 Å². The van der Waals surface area contributed by atoms with E-state index in [1.165, 1.54) is 0 Å². The molecule has 4 heteroatoms. The van der Waals surface area contributed by atoms with Gasteiger partial charge in [-0.2, -0.15) is 0 Å². The molecule has 0 radical (unpaired) electrons. The van der Waals surface area contributed by atoms with E-state index in [1.54, 1.807) is 0 Å². The topological polar surface area (TPSA) is 46.6 Å². The van der Waals surface area contributed by atoms with Gasteiger partial charge in [-0.05, 0) is 57.3 Å². The highest BCUT2D eigenvalue weighted by molar-refractivity contribution is 5.68. The maximum Gasteiger partial charge on any atom is 0.410 e. The van der Waals surface area contributed by atoms with Crippen molar-refractivity contribution in [2.24, 2.45) is 29.6 Å². The van der Waals surface area contributed by atoms with E-state index in [9.17, 15) is 9.59 Å². The summed E-state index contributed by atoms with van der Waals surface area (Å²) in [5, 5.41) is 0. The van der Waals surface area contributed by atoms with Gasteiger partial charge in [0.05, 0.1) is 0 Å². The number of hydrogen-bond acceptors (Lipinski definition) is 3. The Morgan fingerprint density at radius 3 is 2.48 bits per heavy atom. The van der Waals surface area contributed by atoms with Gasteiger partial charge in [-0.15, -0.1) is 0 Å². The molecule has 1 aliphatic carbocycles. The third-order valence-corrected chi connectivity index (χ3v) is 4.77. The Bertz CT molecular complexity index is 399. The Morgan fingerprint density at radius 2 is 2.00 bits per heavy atom. The SMILES string of the molecule is CC(C)C1C(C=O)C1C1CCCN(C(=O)OC(C)(C)C)C1. The van der Waals surface area contributed by atoms with Gasteiger partial charge in [0, 0.05) is 19.0 Å². The molecule has 0 spiro atoms. The van der Waals surface area contributed by atoms with Crippen LogP contribution in [-0.2, 0) is 9.53 Å². The van der Waals surface area contributed by atoms with Gasteiger partial charge in [0.2, 0.25) is 0 Å². The first-order valence-corrected chi connectivity index (χ1v) is 8.18. The third-order valence-electron chi connectivity index (χ3n) is 4.77. The molecule has 1 saturated heterocycles. The van der Waals surface area contributed by atoms with E-state index in [0.717, 1.165) is 32.2 Å². The van der Waals surface area contributed by atoms with Crippen LogP contribution >= 0.6 is 0 Å². The van der Waals surface area contributed by atoms with Crippen molar-refractivity contribution in [3.8, 4) is 0 Å². The molecule has 2 fully saturated rings. The van der Waals surface area contributed by atoms with Crippen molar-refractivity contribution < 1.29 is 14.3 Å². The van der Waals surface area contributed by atoms with Crippen molar-refractivity contribution in [1.82, 2.24) is 4.90 Å². The summed E-state index contributed by atoms with van der Waals surface area (Å²) in [5.41, 5.74) is -0.449. The summed E-state index contributed by atoms with van der Waals surface area (Å²) >= 11 is 0. The minimum atomic E-state index is -0.449. The average molecular weight is 295 g/mol. The van der Waals surface area contributed by atoms with Gasteiger partial charge in [0.15, 0.2) is 0 Å². The lowest BCUT2D eigenvalue weighted by atomic mass is 9.90. The van der Waals surface area contributed by atoms with E-state index in [2.05, 4.69) is 13.8 Å². The lowest BCUT2D eigenvalue weighted by molar-refractivity contribution is -0.109. The Morgan fingerprint density at radius 1 is 1.33 bits per heavy atom. The first-order chi connectivity index (χ1) is 9.74. The molecular formula is C17H29NO3. The predicted molar refractivity (Wildman–Crippen MR) is 81.9 cm³/mol. The molecule has 0 aromatic rings. The molecule has 4 unspecified atom stereocenters. The van der Waals surface area contributed by atoms with Crippen LogP contribution < -0.4 is 0 Å². The third kappa shape index (κ3) is 3.78. The minimum Gasteiger partial charge on any atom is -0.444 e. The van der Waals surface area contributed by atoms with Gasteiger partial charge in [-0.25, -0.2) is 4.79 Å². The zero-order chi connectivity index (χ0) is 15.8. The van der Waals surface area contributed by atoms with Gasteiger partial charge in [-0.3, -0.25) is 0 Å². The van der Waals surface area contributed by atoms with Gasteiger partial charge >= 0.3 is 6.09 Å². The van der Waals surface area contributed by atoms with Crippen LogP contribution in [0.5, 0.6) is 0 Å². The summed E-state index contributed by atoms with van der Waals surface area (Å²) in [6.45, 7) is 11.6. The average Bonchev–Trinajstić information content (AvgIpc) is 3.11. The van der Waals surface area contributed by atoms with Crippen molar-refractivity contribution in [1.29, 1.82) is 0 Å². The molecule has 4 atom stereocenters. The number of likely N-dealkylation sites (tertiary alicyclic amines) is 1. The quantitative estimate of drug-likeness (QED) is 0.750. The lowest BCUT2D eigenvalue weighted by Crippen LogP contribution is -2.43. The van der Waals surface area contributed by atoms with Crippen LogP contribution in [0.1, 0.15) is 47.5 Å². The van der Waals surface area contributed by atoms with Gasteiger partial charge < -0.3 is 14.4 Å². The van der Waals surface area contributed by atoms with Crippen molar-refractivity contribution in [3.63, 3.8) is 0 Å². The molecule has 0 aromatic heterocycles. The predicted octanol–water partition coefficient (Wildman–Crippen LogP) is 3.35. The zero-order valence-corrected chi connectivity index (χ0v) is 14.0. The molecule has 2 aliphatic rings. The monoisotopic (exact) mass is 295 g/mol. The standard InChI is InChI=1S/C17H29NO3/c1-11(2)14-13(10-19)15(14)12-7-6-8-18(9-12)16(20)21-17(3,4)5/h10-15H,6-9H2,1-5H3. The fourth-order valence-corrected chi connectivity index (χ4v) is 3.90. The van der Waals surface area contributed by atoms with E-state index >= 15 is 0 Å². The summed E-state index contributed by atoms with van der Waals surface area (Å²) in [6, 6.07) is 0. The Kier molecular flexibility index (Phi) is 4.64. The second-order valence-electron chi connectivity index (χ2n) is 7.94. The first-order valence-electron chi connectivity index (χ1n) is 8.18. The highest BCUT2D eigenvalue weighted by Gasteiger charge is 2.55. The summed E-state index contributed by atoms with van der Waals surface area (Å²) in [6.07, 6.45) is 3.05. The molecule has 21 heavy (non-hydrogen) atoms. The van der Waals surface area contributed by atoms with E-state index in [4.69, 9.17) is 4.74 Å². The van der Waals surface area contributed by atoms with Crippen LogP contribution in [0.3, 0.4) is 0 Å². The van der Waals surface area contributed by atoms with Crippen LogP contribution in [0.25, 0.3) is 0 Å². The molecule has 1 amide bonds. The summed E-state index contributed by atoms with van der Waals surface area (Å²) in [4.78, 5) is 25.3. The van der Waals surface area contributed by atoms with E-state index in [1.807, 2.05) is 25.7 Å². The second kappa shape index (κ2) is 5.98. The van der Waals surface area contributed by atoms with Crippen LogP contribution in [0, 0.1) is 29.6 Å². The minimum absolute atomic E-state index is 0.202. The highest BCUT2D eigenvalue weighted by atomic mass is 16.6. The molecule has 1 saturated carbocycles. The fraction of sp³-hybridized carbons (Fsp3) is 0.882. The molecule has 2 rings (SSSR count). The van der Waals surface area contributed by atoms with Gasteiger partial charge in [0.1, 0.15) is 11.9 Å². The molecule has 0 N–H and O–H groups in total. The van der Waals surface area contributed by atoms with Crippen molar-refractivity contribution in [2.75, 3.05) is 13.1 Å². The highest BCUT2D eigenvalue weighted by Crippen LogP contribution is 2.55. The largest absolute Gasteiger partial charge is 0.444 e. The molecule has 1 aliphatic heterocycles. The fourth-order valence-electron chi connectivity index (χ4n) is 3.90. The number of carbonyl (C=O) groups excluding carboxylic acids is 2. The first kappa shape index (κ1) is 16.3. The Hall–Kier alpha value is -1.06. The molecule has 4 nitrogen and oxygen atoms in total. The lowest BCUT2D eigenvalue weighted by Gasteiger charge is -2.34. The molecule has 1 heterocycles. The van der Waals surface area contributed by atoms with Crippen molar-refractivity contribution in [3.05, 3.63) is 0 Å². The normalized spacial score (nSPS) is 33.0. The Balaban J connectivity index is 1.95. The van der Waals surface area contributed by atoms with Crippen molar-refractivity contribution in [2.45, 2.75) is 53.1 Å². The molecule has 0 aromatic carbocycles. The van der Waals surface area contributed by atoms with Crippen LogP contribution in [0.4, 0.5) is 4.79 Å². The summed E-state index contributed by atoms with van der Waals surface area (Å²) < 4.78 is 5.47. The summed E-state index contributed by atoms with van der Waals surface area (Å²) in [7, 11) is 0. The van der Waals surface area contributed by atoms with Crippen LogP contribution in [-0.4, -0.2) is 36.0 Å². The molecule has 120 valence electrons. The smallest absolute Gasteiger partial charge is 0.410 e. The van der Waals surface area contributed by atoms with Gasteiger partial charge in [-0.1, -0.05) is 13.8 Å². The molecular weight excluding hydrogens is 266 g/mol. The van der Waals surface area contributed by atoms with Crippen LogP contribution in [0.15, 0.2) is 0 Å². The zero-order valence-electron chi connectivity index (χ0n) is 14.0. The maximum atomic E-state index is 12.2. The number of amides is 1. The number of ether oxygens (including phenoxy) is 1. The second-order valence-corrected chi connectivity index (χ2v) is 7.94. The van der Waals surface area contributed by atoms with E-state index in [0.29, 0.717) is 23.7 Å². The van der Waals surface area contributed by atoms with E-state index < -0.39 is 5.60 Å².